The summed E-state index contributed by atoms with van der Waals surface area (Å²) in [4.78, 5) is 41.2. The van der Waals surface area contributed by atoms with Gasteiger partial charge in [-0.1, -0.05) is 19.3 Å². The predicted octanol–water partition coefficient (Wildman–Crippen LogP) is 8.80. The minimum atomic E-state index is -0.393. The zero-order chi connectivity index (χ0) is 34.7. The molecular formula is C39H32F2N10. The fraction of sp³-hybridized carbons (Fsp3) is 0.179. The zero-order valence-electron chi connectivity index (χ0n) is 27.7. The van der Waals surface area contributed by atoms with Crippen LogP contribution in [0.4, 0.5) is 8.78 Å². The highest BCUT2D eigenvalue weighted by atomic mass is 19.1. The van der Waals surface area contributed by atoms with E-state index in [0.717, 1.165) is 46.7 Å². The zero-order valence-corrected chi connectivity index (χ0v) is 27.7. The van der Waals surface area contributed by atoms with Gasteiger partial charge in [-0.25, -0.2) is 28.7 Å². The summed E-state index contributed by atoms with van der Waals surface area (Å²) in [5.74, 6) is 1.44. The van der Waals surface area contributed by atoms with Crippen LogP contribution < -0.4 is 0 Å². The third-order valence-corrected chi connectivity index (χ3v) is 9.07. The van der Waals surface area contributed by atoms with E-state index in [-0.39, 0.29) is 5.82 Å². The molecule has 2 N–H and O–H groups in total. The van der Waals surface area contributed by atoms with Gasteiger partial charge in [-0.15, -0.1) is 0 Å². The van der Waals surface area contributed by atoms with Crippen LogP contribution in [0.2, 0.25) is 0 Å². The van der Waals surface area contributed by atoms with Gasteiger partial charge >= 0.3 is 0 Å². The molecule has 8 aromatic rings. The van der Waals surface area contributed by atoms with Gasteiger partial charge in [0, 0.05) is 76.5 Å². The Labute approximate surface area is 291 Å². The topological polar surface area (TPSA) is 135 Å². The van der Waals surface area contributed by atoms with Crippen molar-refractivity contribution in [1.82, 2.24) is 49.8 Å². The molecule has 0 bridgehead atoms. The second-order valence-corrected chi connectivity index (χ2v) is 12.5. The maximum absolute atomic E-state index is 14.5. The summed E-state index contributed by atoms with van der Waals surface area (Å²) in [6.45, 7) is 1.86. The number of aryl methyl sites for hydroxylation is 1. The number of H-pyrrole nitrogens is 2. The van der Waals surface area contributed by atoms with Gasteiger partial charge in [0.05, 0.1) is 34.8 Å². The highest BCUT2D eigenvalue weighted by Gasteiger charge is 2.22. The van der Waals surface area contributed by atoms with E-state index in [1.54, 1.807) is 49.3 Å². The van der Waals surface area contributed by atoms with Crippen LogP contribution in [-0.4, -0.2) is 49.8 Å². The molecule has 0 radical (unpaired) electrons. The van der Waals surface area contributed by atoms with Gasteiger partial charge in [-0.05, 0) is 68.3 Å². The lowest BCUT2D eigenvalue weighted by atomic mass is 9.89. The number of aromatic amines is 2. The predicted molar refractivity (Wildman–Crippen MR) is 191 cm³/mol. The fourth-order valence-corrected chi connectivity index (χ4v) is 6.64. The molecule has 0 saturated heterocycles. The van der Waals surface area contributed by atoms with Crippen molar-refractivity contribution in [1.29, 1.82) is 0 Å². The van der Waals surface area contributed by atoms with Crippen molar-refractivity contribution in [2.24, 2.45) is 0 Å². The largest absolute Gasteiger partial charge is 0.341 e. The van der Waals surface area contributed by atoms with Gasteiger partial charge < -0.3 is 9.97 Å². The van der Waals surface area contributed by atoms with Crippen LogP contribution in [0.5, 0.6) is 0 Å². The first-order chi connectivity index (χ1) is 25.0. The van der Waals surface area contributed by atoms with Crippen LogP contribution >= 0.6 is 0 Å². The summed E-state index contributed by atoms with van der Waals surface area (Å²) in [6, 6.07) is 14.6. The number of imidazole rings is 2. The number of nitrogens with zero attached hydrogens (tertiary/aromatic N) is 8. The molecule has 12 heteroatoms. The molecule has 0 aliphatic heterocycles. The Morgan fingerprint density at radius 2 is 1.10 bits per heavy atom. The Hall–Kier alpha value is -6.30. The van der Waals surface area contributed by atoms with Crippen molar-refractivity contribution in [2.45, 2.75) is 44.9 Å². The number of rotatable bonds is 5. The smallest absolute Gasteiger partial charge is 0.178 e. The monoisotopic (exact) mass is 678 g/mol. The van der Waals surface area contributed by atoms with Crippen LogP contribution in [0.25, 0.3) is 67.1 Å². The van der Waals surface area contributed by atoms with Crippen molar-refractivity contribution in [2.75, 3.05) is 0 Å². The van der Waals surface area contributed by atoms with Crippen LogP contribution in [0.3, 0.4) is 0 Å². The molecule has 0 spiro atoms. The number of halogens is 2. The van der Waals surface area contributed by atoms with Crippen LogP contribution in [0.15, 0.2) is 98.1 Å². The van der Waals surface area contributed by atoms with Crippen molar-refractivity contribution >= 4 is 22.3 Å². The standard InChI is InChI=1S/C22H20FN5.C17H12FN5/c23-18-13-25-10-8-16(18)17-11-19-22(27-20(17)15-7-4-9-24-12-15)28-21(26-19)14-5-2-1-3-6-14;1-10-21-15-7-13(12-4-6-20-9-14(12)18)16(23-17(15)22-10)11-3-2-5-19-8-11/h4,7-14H,1-3,5-6H2,(H,26,27,28);2-9H,1H3,(H,21,22,23). The Bertz CT molecular complexity index is 2460. The number of hydrogen-bond acceptors (Lipinski definition) is 8. The van der Waals surface area contributed by atoms with Crippen molar-refractivity contribution in [3.05, 3.63) is 121 Å². The summed E-state index contributed by atoms with van der Waals surface area (Å²) >= 11 is 0. The molecule has 0 amide bonds. The molecule has 1 fully saturated rings. The highest BCUT2D eigenvalue weighted by Crippen LogP contribution is 2.37. The van der Waals surface area contributed by atoms with E-state index in [1.165, 1.54) is 31.7 Å². The molecule has 1 aliphatic carbocycles. The molecular weight excluding hydrogens is 646 g/mol. The van der Waals surface area contributed by atoms with Gasteiger partial charge in [0.25, 0.3) is 0 Å². The van der Waals surface area contributed by atoms with Crippen LogP contribution in [-0.2, 0) is 0 Å². The summed E-state index contributed by atoms with van der Waals surface area (Å²) in [5.41, 5.74) is 8.11. The van der Waals surface area contributed by atoms with Crippen molar-refractivity contribution < 1.29 is 8.78 Å². The average Bonchev–Trinajstić information content (AvgIpc) is 3.77. The van der Waals surface area contributed by atoms with E-state index in [1.807, 2.05) is 43.3 Å². The van der Waals surface area contributed by atoms with Crippen molar-refractivity contribution in [3.8, 4) is 44.8 Å². The number of pyridine rings is 6. The lowest BCUT2D eigenvalue weighted by Gasteiger charge is -2.18. The Balaban J connectivity index is 0.000000150. The lowest BCUT2D eigenvalue weighted by Crippen LogP contribution is -2.05. The molecule has 1 saturated carbocycles. The highest BCUT2D eigenvalue weighted by molar-refractivity contribution is 5.90. The molecule has 10 nitrogen and oxygen atoms in total. The minimum Gasteiger partial charge on any atom is -0.341 e. The van der Waals surface area contributed by atoms with Gasteiger partial charge in [0.1, 0.15) is 23.3 Å². The summed E-state index contributed by atoms with van der Waals surface area (Å²) in [6.07, 6.45) is 18.5. The minimum absolute atomic E-state index is 0.374. The third kappa shape index (κ3) is 6.55. The van der Waals surface area contributed by atoms with Crippen LogP contribution in [0.1, 0.15) is 49.7 Å². The maximum atomic E-state index is 14.5. The fourth-order valence-electron chi connectivity index (χ4n) is 6.64. The lowest BCUT2D eigenvalue weighted by molar-refractivity contribution is 0.431. The molecule has 0 atom stereocenters. The Morgan fingerprint density at radius 1 is 0.569 bits per heavy atom. The van der Waals surface area contributed by atoms with Gasteiger partial charge in [0.15, 0.2) is 11.3 Å². The van der Waals surface area contributed by atoms with Gasteiger partial charge in [-0.3, -0.25) is 19.9 Å². The molecule has 0 unspecified atom stereocenters. The summed E-state index contributed by atoms with van der Waals surface area (Å²) in [7, 11) is 0. The van der Waals surface area contributed by atoms with E-state index in [2.05, 4.69) is 39.9 Å². The van der Waals surface area contributed by atoms with E-state index < -0.39 is 5.82 Å². The Morgan fingerprint density at radius 3 is 1.63 bits per heavy atom. The third-order valence-electron chi connectivity index (χ3n) is 9.07. The van der Waals surface area contributed by atoms with E-state index >= 15 is 0 Å². The molecule has 8 aromatic heterocycles. The maximum Gasteiger partial charge on any atom is 0.178 e. The first-order valence-corrected chi connectivity index (χ1v) is 16.8. The quantitative estimate of drug-likeness (QED) is 0.184. The molecule has 0 aromatic carbocycles. The normalized spacial score (nSPS) is 13.3. The first kappa shape index (κ1) is 31.9. The van der Waals surface area contributed by atoms with E-state index in [9.17, 15) is 8.78 Å². The van der Waals surface area contributed by atoms with Crippen molar-refractivity contribution in [3.63, 3.8) is 0 Å². The summed E-state index contributed by atoms with van der Waals surface area (Å²) < 4.78 is 28.8. The molecule has 8 heterocycles. The second kappa shape index (κ2) is 13.9. The first-order valence-electron chi connectivity index (χ1n) is 16.8. The van der Waals surface area contributed by atoms with Gasteiger partial charge in [0.2, 0.25) is 0 Å². The SMILES string of the molecule is Cc1nc2nc(-c3cccnc3)c(-c3ccncc3F)cc2[nH]1.Fc1cnccc1-c1cc2[nH]c(C3CCCCC3)nc2nc1-c1cccnc1. The average molecular weight is 679 g/mol. The number of nitrogens with one attached hydrogen (secondary N) is 2. The van der Waals surface area contributed by atoms with Crippen LogP contribution in [0, 0.1) is 18.6 Å². The number of aromatic nitrogens is 10. The number of hydrogen-bond donors (Lipinski definition) is 2. The number of fused-ring (bicyclic) bond motifs is 2. The molecule has 252 valence electrons. The molecule has 51 heavy (non-hydrogen) atoms. The Kier molecular flexibility index (Phi) is 8.71. The molecule has 1 aliphatic rings. The molecule has 9 rings (SSSR count). The van der Waals surface area contributed by atoms with E-state index in [0.29, 0.717) is 50.9 Å². The summed E-state index contributed by atoms with van der Waals surface area (Å²) in [5, 5.41) is 0. The van der Waals surface area contributed by atoms with E-state index in [4.69, 9.17) is 9.97 Å². The van der Waals surface area contributed by atoms with Gasteiger partial charge in [-0.2, -0.15) is 0 Å². The second-order valence-electron chi connectivity index (χ2n) is 12.5.